The first kappa shape index (κ1) is 12.4. The minimum atomic E-state index is -0.0323. The van der Waals surface area contributed by atoms with Gasteiger partial charge < -0.3 is 5.32 Å². The van der Waals surface area contributed by atoms with Crippen molar-refractivity contribution in [1.29, 1.82) is 0 Å². The molecule has 0 aliphatic carbocycles. The van der Waals surface area contributed by atoms with Crippen molar-refractivity contribution in [1.82, 2.24) is 5.32 Å². The summed E-state index contributed by atoms with van der Waals surface area (Å²) in [6, 6.07) is 5.65. The van der Waals surface area contributed by atoms with Gasteiger partial charge >= 0.3 is 0 Å². The van der Waals surface area contributed by atoms with E-state index in [2.05, 4.69) is 59.8 Å². The third kappa shape index (κ3) is 3.51. The molecule has 0 aromatic heterocycles. The van der Waals surface area contributed by atoms with E-state index in [1.165, 1.54) is 0 Å². The minimum Gasteiger partial charge on any atom is -0.351 e. The Balaban J connectivity index is 2.83. The van der Waals surface area contributed by atoms with Gasteiger partial charge in [-0.05, 0) is 40.8 Å². The molecule has 1 amide bonds. The van der Waals surface area contributed by atoms with Gasteiger partial charge in [-0.1, -0.05) is 31.9 Å². The normalized spacial score (nSPS) is 9.93. The Hall–Kier alpha value is 0.380. The third-order valence-electron chi connectivity index (χ3n) is 1.55. The molecular formula is C9H8Br2INO. The van der Waals surface area contributed by atoms with Crippen LogP contribution < -0.4 is 5.32 Å². The molecule has 2 nitrogen and oxygen atoms in total. The van der Waals surface area contributed by atoms with Gasteiger partial charge in [0.2, 0.25) is 0 Å². The lowest BCUT2D eigenvalue weighted by molar-refractivity contribution is 0.0955. The van der Waals surface area contributed by atoms with E-state index in [1.807, 2.05) is 18.2 Å². The first-order valence-corrected chi connectivity index (χ1v) is 6.93. The van der Waals surface area contributed by atoms with Gasteiger partial charge in [-0.25, -0.2) is 0 Å². The molecule has 0 saturated carbocycles. The second-order valence-electron chi connectivity index (χ2n) is 2.57. The lowest BCUT2D eigenvalue weighted by Crippen LogP contribution is -2.25. The Bertz CT molecular complexity index is 344. The number of alkyl halides is 1. The SMILES string of the molecule is O=C(NCCBr)c1cc(Br)ccc1I. The summed E-state index contributed by atoms with van der Waals surface area (Å²) >= 11 is 8.75. The highest BCUT2D eigenvalue weighted by Crippen LogP contribution is 2.18. The van der Waals surface area contributed by atoms with Crippen molar-refractivity contribution in [3.8, 4) is 0 Å². The summed E-state index contributed by atoms with van der Waals surface area (Å²) in [6.45, 7) is 0.640. The molecule has 1 aromatic rings. The highest BCUT2D eigenvalue weighted by molar-refractivity contribution is 14.1. The summed E-state index contributed by atoms with van der Waals surface area (Å²) in [6.07, 6.45) is 0. The molecule has 0 aliphatic heterocycles. The number of rotatable bonds is 3. The fraction of sp³-hybridized carbons (Fsp3) is 0.222. The molecule has 0 bridgehead atoms. The van der Waals surface area contributed by atoms with E-state index in [0.717, 1.165) is 13.4 Å². The van der Waals surface area contributed by atoms with Gasteiger partial charge in [-0.15, -0.1) is 0 Å². The topological polar surface area (TPSA) is 29.1 Å². The Morgan fingerprint density at radius 2 is 2.21 bits per heavy atom. The molecule has 0 unspecified atom stereocenters. The van der Waals surface area contributed by atoms with Crippen LogP contribution in [0.1, 0.15) is 10.4 Å². The van der Waals surface area contributed by atoms with Crippen LogP contribution in [0.4, 0.5) is 0 Å². The molecule has 0 heterocycles. The molecule has 0 saturated heterocycles. The lowest BCUT2D eigenvalue weighted by Gasteiger charge is -2.05. The van der Waals surface area contributed by atoms with E-state index >= 15 is 0 Å². The number of hydrogen-bond donors (Lipinski definition) is 1. The molecule has 0 radical (unpaired) electrons. The van der Waals surface area contributed by atoms with E-state index in [-0.39, 0.29) is 5.91 Å². The van der Waals surface area contributed by atoms with Crippen LogP contribution in [-0.2, 0) is 0 Å². The highest BCUT2D eigenvalue weighted by atomic mass is 127. The molecule has 14 heavy (non-hydrogen) atoms. The first-order valence-electron chi connectivity index (χ1n) is 3.94. The summed E-state index contributed by atoms with van der Waals surface area (Å²) in [5.74, 6) is -0.0323. The predicted octanol–water partition coefficient (Wildman–Crippen LogP) is 3.18. The van der Waals surface area contributed by atoms with E-state index in [1.54, 1.807) is 0 Å². The number of hydrogen-bond acceptors (Lipinski definition) is 1. The first-order chi connectivity index (χ1) is 6.65. The molecule has 1 rings (SSSR count). The van der Waals surface area contributed by atoms with Crippen LogP contribution in [0.5, 0.6) is 0 Å². The van der Waals surface area contributed by atoms with Crippen molar-refractivity contribution in [2.45, 2.75) is 0 Å². The van der Waals surface area contributed by atoms with Crippen LogP contribution in [0.2, 0.25) is 0 Å². The molecule has 5 heteroatoms. The van der Waals surface area contributed by atoms with Gasteiger partial charge in [0.1, 0.15) is 0 Å². The Morgan fingerprint density at radius 1 is 1.50 bits per heavy atom. The maximum atomic E-state index is 11.6. The maximum Gasteiger partial charge on any atom is 0.252 e. The summed E-state index contributed by atoms with van der Waals surface area (Å²) in [5.41, 5.74) is 0.709. The molecule has 76 valence electrons. The van der Waals surface area contributed by atoms with Crippen molar-refractivity contribution in [3.63, 3.8) is 0 Å². The van der Waals surface area contributed by atoms with Gasteiger partial charge in [-0.3, -0.25) is 4.79 Å². The molecule has 1 N–H and O–H groups in total. The van der Waals surface area contributed by atoms with Gasteiger partial charge in [-0.2, -0.15) is 0 Å². The highest BCUT2D eigenvalue weighted by Gasteiger charge is 2.09. The average Bonchev–Trinajstić information content (AvgIpc) is 2.18. The molecular weight excluding hydrogens is 425 g/mol. The van der Waals surface area contributed by atoms with Gasteiger partial charge in [0.15, 0.2) is 0 Å². The molecule has 0 fully saturated rings. The van der Waals surface area contributed by atoms with Gasteiger partial charge in [0.05, 0.1) is 5.56 Å². The van der Waals surface area contributed by atoms with Crippen molar-refractivity contribution >= 4 is 60.4 Å². The fourth-order valence-corrected chi connectivity index (χ4v) is 2.07. The number of benzene rings is 1. The third-order valence-corrected chi connectivity index (χ3v) is 3.38. The van der Waals surface area contributed by atoms with Gasteiger partial charge in [0, 0.05) is 19.9 Å². The monoisotopic (exact) mass is 431 g/mol. The average molecular weight is 433 g/mol. The van der Waals surface area contributed by atoms with E-state index in [0.29, 0.717) is 12.1 Å². The number of carbonyl (C=O) groups excluding carboxylic acids is 1. The Labute approximate surface area is 113 Å². The van der Waals surface area contributed by atoms with Crippen LogP contribution in [-0.4, -0.2) is 17.8 Å². The van der Waals surface area contributed by atoms with Crippen molar-refractivity contribution < 1.29 is 4.79 Å². The van der Waals surface area contributed by atoms with Crippen molar-refractivity contribution in [2.24, 2.45) is 0 Å². The molecule has 0 aliphatic rings. The fourth-order valence-electron chi connectivity index (χ4n) is 0.928. The summed E-state index contributed by atoms with van der Waals surface area (Å²) in [5, 5.41) is 3.57. The smallest absolute Gasteiger partial charge is 0.252 e. The maximum absolute atomic E-state index is 11.6. The lowest BCUT2D eigenvalue weighted by atomic mass is 10.2. The van der Waals surface area contributed by atoms with E-state index < -0.39 is 0 Å². The van der Waals surface area contributed by atoms with Crippen LogP contribution in [0.15, 0.2) is 22.7 Å². The zero-order chi connectivity index (χ0) is 10.6. The molecule has 0 spiro atoms. The van der Waals surface area contributed by atoms with E-state index in [4.69, 9.17) is 0 Å². The quantitative estimate of drug-likeness (QED) is 0.577. The van der Waals surface area contributed by atoms with Crippen LogP contribution >= 0.6 is 54.5 Å². The Kier molecular flexibility index (Phi) is 5.40. The summed E-state index contributed by atoms with van der Waals surface area (Å²) < 4.78 is 1.87. The number of nitrogens with one attached hydrogen (secondary N) is 1. The Morgan fingerprint density at radius 3 is 2.86 bits per heavy atom. The zero-order valence-electron chi connectivity index (χ0n) is 7.19. The summed E-state index contributed by atoms with van der Waals surface area (Å²) in [7, 11) is 0. The standard InChI is InChI=1S/C9H8Br2INO/c10-3-4-13-9(14)7-5-6(11)1-2-8(7)12/h1-2,5H,3-4H2,(H,13,14). The second-order valence-corrected chi connectivity index (χ2v) is 5.44. The molecule has 0 atom stereocenters. The largest absolute Gasteiger partial charge is 0.351 e. The van der Waals surface area contributed by atoms with Gasteiger partial charge in [0.25, 0.3) is 5.91 Å². The number of carbonyl (C=O) groups is 1. The van der Waals surface area contributed by atoms with Crippen LogP contribution in [0.3, 0.4) is 0 Å². The van der Waals surface area contributed by atoms with Crippen LogP contribution in [0.25, 0.3) is 0 Å². The van der Waals surface area contributed by atoms with Crippen molar-refractivity contribution in [3.05, 3.63) is 31.8 Å². The number of amides is 1. The summed E-state index contributed by atoms with van der Waals surface area (Å²) in [4.78, 5) is 11.6. The number of halogens is 3. The molecule has 1 aromatic carbocycles. The zero-order valence-corrected chi connectivity index (χ0v) is 12.5. The predicted molar refractivity (Wildman–Crippen MR) is 73.0 cm³/mol. The van der Waals surface area contributed by atoms with Crippen molar-refractivity contribution in [2.75, 3.05) is 11.9 Å². The van der Waals surface area contributed by atoms with E-state index in [9.17, 15) is 4.79 Å². The van der Waals surface area contributed by atoms with Crippen LogP contribution in [0, 0.1) is 3.57 Å². The minimum absolute atomic E-state index is 0.0323. The second kappa shape index (κ2) is 6.07.